The molecule has 1 rings (SSSR count). The smallest absolute Gasteiger partial charge is 0.126 e. The Hall–Kier alpha value is -1.53. The van der Waals surface area contributed by atoms with Crippen molar-refractivity contribution < 1.29 is 4.39 Å². The zero-order chi connectivity index (χ0) is 9.68. The first-order valence-corrected chi connectivity index (χ1v) is 3.92. The number of nitrogens with one attached hydrogen (secondary N) is 1. The van der Waals surface area contributed by atoms with Gasteiger partial charge in [0.2, 0.25) is 0 Å². The van der Waals surface area contributed by atoms with E-state index in [2.05, 4.69) is 17.2 Å². The summed E-state index contributed by atoms with van der Waals surface area (Å²) in [6, 6.07) is 4.27. The quantitative estimate of drug-likeness (QED) is 0.497. The highest BCUT2D eigenvalue weighted by molar-refractivity contribution is 5.47. The highest BCUT2D eigenvalue weighted by Crippen LogP contribution is 2.09. The Morgan fingerprint density at radius 2 is 2.23 bits per heavy atom. The zero-order valence-electron chi connectivity index (χ0n) is 7.39. The molecular formula is C10H11FN2. The van der Waals surface area contributed by atoms with Gasteiger partial charge < -0.3 is 11.1 Å². The Morgan fingerprint density at radius 3 is 2.85 bits per heavy atom. The molecule has 1 aromatic carbocycles. The van der Waals surface area contributed by atoms with Crippen molar-refractivity contribution in [2.24, 2.45) is 0 Å². The van der Waals surface area contributed by atoms with Gasteiger partial charge in [0.1, 0.15) is 5.82 Å². The van der Waals surface area contributed by atoms with Crippen LogP contribution < -0.4 is 11.1 Å². The Morgan fingerprint density at radius 1 is 1.46 bits per heavy atom. The van der Waals surface area contributed by atoms with Gasteiger partial charge in [0.25, 0.3) is 0 Å². The fourth-order valence-electron chi connectivity index (χ4n) is 0.919. The van der Waals surface area contributed by atoms with E-state index >= 15 is 0 Å². The molecule has 0 amide bonds. The van der Waals surface area contributed by atoms with Crippen LogP contribution in [0.2, 0.25) is 0 Å². The molecule has 0 bridgehead atoms. The highest BCUT2D eigenvalue weighted by atomic mass is 19.1. The normalized spacial score (nSPS) is 9.08. The Bertz CT molecular complexity index is 329. The molecule has 0 fully saturated rings. The minimum atomic E-state index is -0.353. The van der Waals surface area contributed by atoms with Crippen molar-refractivity contribution in [3.63, 3.8) is 0 Å². The number of anilines is 1. The van der Waals surface area contributed by atoms with E-state index < -0.39 is 0 Å². The summed E-state index contributed by atoms with van der Waals surface area (Å²) in [5, 5.41) is 2.87. The van der Waals surface area contributed by atoms with Gasteiger partial charge in [-0.25, -0.2) is 4.39 Å². The third-order valence-electron chi connectivity index (χ3n) is 1.42. The maximum Gasteiger partial charge on any atom is 0.126 e. The average molecular weight is 178 g/mol. The lowest BCUT2D eigenvalue weighted by Gasteiger charge is -1.94. The van der Waals surface area contributed by atoms with E-state index in [1.165, 1.54) is 12.1 Å². The van der Waals surface area contributed by atoms with Gasteiger partial charge in [-0.1, -0.05) is 11.8 Å². The van der Waals surface area contributed by atoms with E-state index in [0.717, 1.165) is 0 Å². The van der Waals surface area contributed by atoms with Crippen molar-refractivity contribution in [3.8, 4) is 11.8 Å². The van der Waals surface area contributed by atoms with Gasteiger partial charge in [-0.3, -0.25) is 0 Å². The van der Waals surface area contributed by atoms with Crippen molar-refractivity contribution in [1.29, 1.82) is 0 Å². The molecule has 3 heteroatoms. The van der Waals surface area contributed by atoms with E-state index in [0.29, 0.717) is 17.8 Å². The van der Waals surface area contributed by atoms with Crippen molar-refractivity contribution in [2.75, 3.05) is 19.3 Å². The summed E-state index contributed by atoms with van der Waals surface area (Å²) < 4.78 is 12.8. The largest absolute Gasteiger partial charge is 0.399 e. The van der Waals surface area contributed by atoms with Crippen molar-refractivity contribution in [2.45, 2.75) is 0 Å². The standard InChI is InChI=1S/C10H11FN2/c1-13-4-2-3-8-5-9(11)7-10(12)6-8/h5-7,13H,4,12H2,1H3. The molecule has 0 aliphatic heterocycles. The number of hydrogen-bond acceptors (Lipinski definition) is 2. The first-order chi connectivity index (χ1) is 6.22. The van der Waals surface area contributed by atoms with E-state index in [1.807, 2.05) is 0 Å². The second kappa shape index (κ2) is 4.48. The minimum absolute atomic E-state index is 0.353. The topological polar surface area (TPSA) is 38.0 Å². The van der Waals surface area contributed by atoms with Crippen LogP contribution >= 0.6 is 0 Å². The SMILES string of the molecule is CNCC#Cc1cc(N)cc(F)c1. The van der Waals surface area contributed by atoms with Crippen molar-refractivity contribution in [1.82, 2.24) is 5.32 Å². The number of nitrogen functional groups attached to an aromatic ring is 1. The number of rotatable bonds is 1. The first-order valence-electron chi connectivity index (χ1n) is 3.92. The van der Waals surface area contributed by atoms with Gasteiger partial charge >= 0.3 is 0 Å². The van der Waals surface area contributed by atoms with Crippen LogP contribution in [0.5, 0.6) is 0 Å². The van der Waals surface area contributed by atoms with Crippen LogP contribution in [0.3, 0.4) is 0 Å². The number of hydrogen-bond donors (Lipinski definition) is 2. The van der Waals surface area contributed by atoms with Gasteiger partial charge in [-0.15, -0.1) is 0 Å². The third-order valence-corrected chi connectivity index (χ3v) is 1.42. The van der Waals surface area contributed by atoms with E-state index in [-0.39, 0.29) is 5.82 Å². The molecule has 13 heavy (non-hydrogen) atoms. The summed E-state index contributed by atoms with van der Waals surface area (Å²) in [4.78, 5) is 0. The molecule has 68 valence electrons. The van der Waals surface area contributed by atoms with Gasteiger partial charge in [0.05, 0.1) is 6.54 Å². The van der Waals surface area contributed by atoms with Gasteiger partial charge in [0, 0.05) is 11.3 Å². The molecule has 0 saturated heterocycles. The predicted octanol–water partition coefficient (Wildman–Crippen LogP) is 0.979. The second-order valence-corrected chi connectivity index (χ2v) is 2.61. The predicted molar refractivity (Wildman–Crippen MR) is 51.6 cm³/mol. The van der Waals surface area contributed by atoms with Crippen molar-refractivity contribution in [3.05, 3.63) is 29.6 Å². The lowest BCUT2D eigenvalue weighted by molar-refractivity contribution is 0.628. The Labute approximate surface area is 76.9 Å². The van der Waals surface area contributed by atoms with Gasteiger partial charge in [-0.05, 0) is 25.2 Å². The summed E-state index contributed by atoms with van der Waals surface area (Å²) in [6.45, 7) is 0.580. The first kappa shape index (κ1) is 9.56. The fraction of sp³-hybridized carbons (Fsp3) is 0.200. The molecule has 0 saturated carbocycles. The molecule has 0 atom stereocenters. The molecule has 0 radical (unpaired) electrons. The maximum absolute atomic E-state index is 12.8. The molecule has 0 unspecified atom stereocenters. The lowest BCUT2D eigenvalue weighted by Crippen LogP contribution is -2.04. The van der Waals surface area contributed by atoms with E-state index in [9.17, 15) is 4.39 Å². The molecule has 0 aromatic heterocycles. The molecule has 2 nitrogen and oxygen atoms in total. The number of benzene rings is 1. The zero-order valence-corrected chi connectivity index (χ0v) is 7.39. The van der Waals surface area contributed by atoms with Crippen molar-refractivity contribution >= 4 is 5.69 Å². The minimum Gasteiger partial charge on any atom is -0.399 e. The van der Waals surface area contributed by atoms with Gasteiger partial charge in [-0.2, -0.15) is 0 Å². The number of nitrogens with two attached hydrogens (primary N) is 1. The molecule has 1 aromatic rings. The third kappa shape index (κ3) is 3.14. The summed E-state index contributed by atoms with van der Waals surface area (Å²) in [5.74, 6) is 5.26. The van der Waals surface area contributed by atoms with E-state index in [4.69, 9.17) is 5.73 Å². The van der Waals surface area contributed by atoms with Crippen LogP contribution in [0.4, 0.5) is 10.1 Å². The monoisotopic (exact) mass is 178 g/mol. The molecular weight excluding hydrogens is 167 g/mol. The van der Waals surface area contributed by atoms with Gasteiger partial charge in [0.15, 0.2) is 0 Å². The summed E-state index contributed by atoms with van der Waals surface area (Å²) in [7, 11) is 1.80. The maximum atomic E-state index is 12.8. The highest BCUT2D eigenvalue weighted by Gasteiger charge is 1.94. The molecule has 0 spiro atoms. The number of halogens is 1. The summed E-state index contributed by atoms with van der Waals surface area (Å²) >= 11 is 0. The molecule has 0 aliphatic rings. The lowest BCUT2D eigenvalue weighted by atomic mass is 10.2. The molecule has 3 N–H and O–H groups in total. The summed E-state index contributed by atoms with van der Waals surface area (Å²) in [6.07, 6.45) is 0. The Balaban J connectivity index is 2.85. The van der Waals surface area contributed by atoms with Crippen LogP contribution in [0.25, 0.3) is 0 Å². The molecule has 0 heterocycles. The average Bonchev–Trinajstić information content (AvgIpc) is 2.03. The van der Waals surface area contributed by atoms with Crippen LogP contribution in [-0.2, 0) is 0 Å². The van der Waals surface area contributed by atoms with Crippen LogP contribution in [0.15, 0.2) is 18.2 Å². The van der Waals surface area contributed by atoms with Crippen LogP contribution in [0.1, 0.15) is 5.56 Å². The van der Waals surface area contributed by atoms with E-state index in [1.54, 1.807) is 13.1 Å². The fourth-order valence-corrected chi connectivity index (χ4v) is 0.919. The molecule has 0 aliphatic carbocycles. The second-order valence-electron chi connectivity index (χ2n) is 2.61. The Kier molecular flexibility index (Phi) is 3.30. The summed E-state index contributed by atoms with van der Waals surface area (Å²) in [5.41, 5.74) is 6.44. The van der Waals surface area contributed by atoms with Crippen LogP contribution in [-0.4, -0.2) is 13.6 Å². The van der Waals surface area contributed by atoms with Crippen LogP contribution in [0, 0.1) is 17.7 Å².